The van der Waals surface area contributed by atoms with Crippen LogP contribution in [0.5, 0.6) is 5.75 Å². The van der Waals surface area contributed by atoms with Gasteiger partial charge in [-0.15, -0.1) is 0 Å². The fourth-order valence-corrected chi connectivity index (χ4v) is 3.84. The predicted molar refractivity (Wildman–Crippen MR) is 109 cm³/mol. The number of rotatable bonds is 5. The number of nitrogens with zero attached hydrogens (tertiary/aromatic N) is 2. The van der Waals surface area contributed by atoms with Gasteiger partial charge in [0.25, 0.3) is 5.91 Å². The number of carbonyl (C=O) groups excluding carboxylic acids is 3. The second-order valence-electron chi connectivity index (χ2n) is 8.09. The first kappa shape index (κ1) is 21.1. The van der Waals surface area contributed by atoms with Crippen molar-refractivity contribution in [2.75, 3.05) is 31.1 Å². The number of hydrogen-bond donors (Lipinski definition) is 0. The summed E-state index contributed by atoms with van der Waals surface area (Å²) in [4.78, 5) is 41.2. The monoisotopic (exact) mass is 402 g/mol. The molecule has 2 aliphatic heterocycles. The average molecular weight is 402 g/mol. The van der Waals surface area contributed by atoms with E-state index in [1.165, 1.54) is 0 Å². The highest BCUT2D eigenvalue weighted by atomic mass is 16.5. The molecular formula is C22H30N2O5. The van der Waals surface area contributed by atoms with Crippen LogP contribution < -0.4 is 9.64 Å². The minimum atomic E-state index is -0.604. The summed E-state index contributed by atoms with van der Waals surface area (Å²) >= 11 is 0. The lowest BCUT2D eigenvalue weighted by Gasteiger charge is -2.37. The van der Waals surface area contributed by atoms with E-state index in [1.807, 2.05) is 39.0 Å². The SMILES string of the molecule is CCOC(=O)C1CCN(C(=O)CN2C(=O)C(C(C)C)Oc3ccc(C)cc32)CC1. The van der Waals surface area contributed by atoms with Crippen molar-refractivity contribution < 1.29 is 23.9 Å². The summed E-state index contributed by atoms with van der Waals surface area (Å²) in [5.74, 6) is -0.0205. The molecule has 1 atom stereocenters. The van der Waals surface area contributed by atoms with Crippen molar-refractivity contribution in [1.82, 2.24) is 4.90 Å². The number of likely N-dealkylation sites (tertiary alicyclic amines) is 1. The van der Waals surface area contributed by atoms with E-state index in [4.69, 9.17) is 9.47 Å². The maximum absolute atomic E-state index is 13.0. The van der Waals surface area contributed by atoms with E-state index in [9.17, 15) is 14.4 Å². The van der Waals surface area contributed by atoms with Gasteiger partial charge in [0.1, 0.15) is 12.3 Å². The quantitative estimate of drug-likeness (QED) is 0.708. The second-order valence-corrected chi connectivity index (χ2v) is 8.09. The smallest absolute Gasteiger partial charge is 0.309 e. The number of esters is 1. The third kappa shape index (κ3) is 4.54. The Bertz CT molecular complexity index is 783. The Morgan fingerprint density at radius 2 is 1.93 bits per heavy atom. The third-order valence-corrected chi connectivity index (χ3v) is 5.54. The van der Waals surface area contributed by atoms with Crippen molar-refractivity contribution in [3.05, 3.63) is 23.8 Å². The van der Waals surface area contributed by atoms with Crippen molar-refractivity contribution in [3.8, 4) is 5.75 Å². The molecule has 7 heteroatoms. The molecule has 29 heavy (non-hydrogen) atoms. The van der Waals surface area contributed by atoms with Crippen LogP contribution in [-0.2, 0) is 19.1 Å². The Labute approximate surface area is 171 Å². The Morgan fingerprint density at radius 3 is 2.55 bits per heavy atom. The van der Waals surface area contributed by atoms with Crippen LogP contribution in [-0.4, -0.2) is 55.0 Å². The molecule has 1 saturated heterocycles. The van der Waals surface area contributed by atoms with Crippen molar-refractivity contribution >= 4 is 23.5 Å². The number of anilines is 1. The molecule has 2 amide bonds. The highest BCUT2D eigenvalue weighted by molar-refractivity contribution is 6.04. The molecule has 1 aromatic carbocycles. The summed E-state index contributed by atoms with van der Waals surface area (Å²) in [6, 6.07) is 5.67. The molecule has 0 aliphatic carbocycles. The van der Waals surface area contributed by atoms with Crippen molar-refractivity contribution in [2.45, 2.75) is 46.6 Å². The predicted octanol–water partition coefficient (Wildman–Crippen LogP) is 2.55. The molecule has 1 fully saturated rings. The maximum Gasteiger partial charge on any atom is 0.309 e. The molecule has 0 aromatic heterocycles. The molecule has 1 unspecified atom stereocenters. The van der Waals surface area contributed by atoms with Crippen molar-refractivity contribution in [2.24, 2.45) is 11.8 Å². The van der Waals surface area contributed by atoms with Crippen molar-refractivity contribution in [3.63, 3.8) is 0 Å². The van der Waals surface area contributed by atoms with E-state index in [2.05, 4.69) is 0 Å². The van der Waals surface area contributed by atoms with E-state index < -0.39 is 6.10 Å². The number of carbonyl (C=O) groups is 3. The Morgan fingerprint density at radius 1 is 1.24 bits per heavy atom. The zero-order chi connectivity index (χ0) is 21.1. The molecule has 1 aromatic rings. The van der Waals surface area contributed by atoms with E-state index >= 15 is 0 Å². The van der Waals surface area contributed by atoms with Crippen LogP contribution >= 0.6 is 0 Å². The first-order valence-electron chi connectivity index (χ1n) is 10.3. The summed E-state index contributed by atoms with van der Waals surface area (Å²) in [5, 5.41) is 0. The molecule has 0 saturated carbocycles. The van der Waals surface area contributed by atoms with E-state index in [0.29, 0.717) is 44.0 Å². The van der Waals surface area contributed by atoms with Gasteiger partial charge in [0.15, 0.2) is 6.10 Å². The molecule has 158 valence electrons. The lowest BCUT2D eigenvalue weighted by atomic mass is 9.97. The largest absolute Gasteiger partial charge is 0.478 e. The number of piperidine rings is 1. The highest BCUT2D eigenvalue weighted by Gasteiger charge is 2.38. The number of hydrogen-bond acceptors (Lipinski definition) is 5. The Balaban J connectivity index is 1.71. The lowest BCUT2D eigenvalue weighted by molar-refractivity contribution is -0.151. The van der Waals surface area contributed by atoms with Gasteiger partial charge in [0.2, 0.25) is 5.91 Å². The molecule has 0 spiro atoms. The van der Waals surface area contributed by atoms with Gasteiger partial charge in [-0.25, -0.2) is 0 Å². The summed E-state index contributed by atoms with van der Waals surface area (Å²) in [5.41, 5.74) is 1.64. The van der Waals surface area contributed by atoms with Gasteiger partial charge in [-0.1, -0.05) is 19.9 Å². The minimum Gasteiger partial charge on any atom is -0.478 e. The van der Waals surface area contributed by atoms with E-state index in [-0.39, 0.29) is 36.2 Å². The second kappa shape index (κ2) is 8.84. The minimum absolute atomic E-state index is 0.00474. The van der Waals surface area contributed by atoms with Gasteiger partial charge >= 0.3 is 5.97 Å². The third-order valence-electron chi connectivity index (χ3n) is 5.54. The van der Waals surface area contributed by atoms with Gasteiger partial charge in [0, 0.05) is 13.1 Å². The summed E-state index contributed by atoms with van der Waals surface area (Å²) < 4.78 is 11.0. The standard InChI is InChI=1S/C22H30N2O5/c1-5-28-22(27)16-8-10-23(11-9-16)19(25)13-24-17-12-15(4)6-7-18(17)29-20(14(2)3)21(24)26/h6-7,12,14,16,20H,5,8-11,13H2,1-4H3. The molecule has 3 rings (SSSR count). The van der Waals surface area contributed by atoms with Gasteiger partial charge < -0.3 is 14.4 Å². The number of aryl methyl sites for hydroxylation is 1. The Kier molecular flexibility index (Phi) is 6.45. The topological polar surface area (TPSA) is 76.2 Å². The molecule has 2 aliphatic rings. The molecule has 0 N–H and O–H groups in total. The van der Waals surface area contributed by atoms with Crippen LogP contribution in [0.3, 0.4) is 0 Å². The molecule has 0 radical (unpaired) electrons. The summed E-state index contributed by atoms with van der Waals surface area (Å²) in [6.07, 6.45) is 0.574. The van der Waals surface area contributed by atoms with Crippen LogP contribution in [0, 0.1) is 18.8 Å². The summed E-state index contributed by atoms with van der Waals surface area (Å²) in [6.45, 7) is 8.94. The van der Waals surface area contributed by atoms with Gasteiger partial charge in [-0.05, 0) is 50.3 Å². The highest BCUT2D eigenvalue weighted by Crippen LogP contribution is 2.36. The summed E-state index contributed by atoms with van der Waals surface area (Å²) in [7, 11) is 0. The first-order valence-corrected chi connectivity index (χ1v) is 10.3. The zero-order valence-corrected chi connectivity index (χ0v) is 17.6. The van der Waals surface area contributed by atoms with Gasteiger partial charge in [-0.2, -0.15) is 0 Å². The number of ether oxygens (including phenoxy) is 2. The normalized spacial score (nSPS) is 19.8. The van der Waals surface area contributed by atoms with Crippen LogP contribution in [0.2, 0.25) is 0 Å². The van der Waals surface area contributed by atoms with Crippen LogP contribution in [0.15, 0.2) is 18.2 Å². The van der Waals surface area contributed by atoms with Crippen molar-refractivity contribution in [1.29, 1.82) is 0 Å². The zero-order valence-electron chi connectivity index (χ0n) is 17.6. The number of fused-ring (bicyclic) bond motifs is 1. The fourth-order valence-electron chi connectivity index (χ4n) is 3.84. The number of benzene rings is 1. The van der Waals surface area contributed by atoms with E-state index in [0.717, 1.165) is 5.56 Å². The molecule has 7 nitrogen and oxygen atoms in total. The Hall–Kier alpha value is -2.57. The average Bonchev–Trinajstić information content (AvgIpc) is 2.70. The van der Waals surface area contributed by atoms with Crippen LogP contribution in [0.4, 0.5) is 5.69 Å². The van der Waals surface area contributed by atoms with Crippen LogP contribution in [0.25, 0.3) is 0 Å². The van der Waals surface area contributed by atoms with Crippen LogP contribution in [0.1, 0.15) is 39.2 Å². The maximum atomic E-state index is 13.0. The van der Waals surface area contributed by atoms with Gasteiger partial charge in [0.05, 0.1) is 18.2 Å². The fraction of sp³-hybridized carbons (Fsp3) is 0.591. The van der Waals surface area contributed by atoms with Gasteiger partial charge in [-0.3, -0.25) is 19.3 Å². The van der Waals surface area contributed by atoms with E-state index in [1.54, 1.807) is 16.7 Å². The molecular weight excluding hydrogens is 372 g/mol. The molecule has 0 bridgehead atoms. The lowest BCUT2D eigenvalue weighted by Crippen LogP contribution is -2.53. The molecule has 2 heterocycles. The first-order chi connectivity index (χ1) is 13.8. The number of amides is 2.